The molecular weight excluding hydrogens is 391 g/mol. The average Bonchev–Trinajstić information content (AvgIpc) is 2.82. The number of carbonyl (C=O) groups excluding carboxylic acids is 2. The normalized spacial score (nSPS) is 11.6. The molecule has 4 rings (SSSR count). The maximum Gasteiger partial charge on any atom is 0.252 e. The molecule has 2 N–H and O–H groups in total. The summed E-state index contributed by atoms with van der Waals surface area (Å²) in [5.74, 6) is -0.769. The molecule has 0 saturated carbocycles. The van der Waals surface area contributed by atoms with Crippen LogP contribution in [0, 0.1) is 0 Å². The van der Waals surface area contributed by atoms with Gasteiger partial charge in [0.2, 0.25) is 5.91 Å². The monoisotopic (exact) mass is 412 g/mol. The molecule has 5 heteroatoms. The van der Waals surface area contributed by atoms with Crippen molar-refractivity contribution in [2.24, 2.45) is 0 Å². The van der Waals surface area contributed by atoms with Crippen molar-refractivity contribution in [2.45, 2.75) is 6.17 Å². The molecular formula is C26H21FN2O2. The number of alkyl halides is 1. The molecule has 31 heavy (non-hydrogen) atoms. The molecule has 2 amide bonds. The molecule has 0 bridgehead atoms. The molecule has 0 aromatic heterocycles. The van der Waals surface area contributed by atoms with E-state index in [1.54, 1.807) is 60.7 Å². The molecule has 0 heterocycles. The molecule has 1 unspecified atom stereocenters. The van der Waals surface area contributed by atoms with Crippen LogP contribution < -0.4 is 10.6 Å². The van der Waals surface area contributed by atoms with E-state index >= 15 is 4.39 Å². The van der Waals surface area contributed by atoms with Crippen LogP contribution in [0.5, 0.6) is 0 Å². The Kier molecular flexibility index (Phi) is 6.03. The van der Waals surface area contributed by atoms with Gasteiger partial charge in [0, 0.05) is 16.8 Å². The van der Waals surface area contributed by atoms with E-state index in [2.05, 4.69) is 10.6 Å². The summed E-state index contributed by atoms with van der Waals surface area (Å²) in [4.78, 5) is 25.1. The highest BCUT2D eigenvalue weighted by atomic mass is 19.1. The standard InChI is InChI=1S/C26H21FN2O2/c27-25(19-10-2-1-3-11-19)22-14-6-7-16-23(22)29-24(30)17-28-26(31)21-15-8-12-18-9-4-5-13-20(18)21/h1-16,25H,17H2,(H,28,31)(H,29,30). The lowest BCUT2D eigenvalue weighted by atomic mass is 10.0. The number of halogens is 1. The van der Waals surface area contributed by atoms with Crippen molar-refractivity contribution < 1.29 is 14.0 Å². The third-order valence-corrected chi connectivity index (χ3v) is 5.04. The van der Waals surface area contributed by atoms with E-state index in [1.807, 2.05) is 36.4 Å². The van der Waals surface area contributed by atoms with Gasteiger partial charge in [0.15, 0.2) is 6.17 Å². The molecule has 0 spiro atoms. The fourth-order valence-corrected chi connectivity index (χ4v) is 3.51. The molecule has 0 aliphatic rings. The van der Waals surface area contributed by atoms with E-state index in [-0.39, 0.29) is 12.5 Å². The molecule has 0 fully saturated rings. The first kappa shape index (κ1) is 20.3. The fourth-order valence-electron chi connectivity index (χ4n) is 3.51. The van der Waals surface area contributed by atoms with Gasteiger partial charge in [0.05, 0.1) is 6.54 Å². The van der Waals surface area contributed by atoms with Crippen LogP contribution in [0.15, 0.2) is 97.1 Å². The first-order chi connectivity index (χ1) is 15.1. The number of benzene rings is 4. The Labute approximate surface area is 179 Å². The zero-order valence-corrected chi connectivity index (χ0v) is 16.7. The maximum absolute atomic E-state index is 15.0. The van der Waals surface area contributed by atoms with Crippen LogP contribution in [-0.2, 0) is 4.79 Å². The third-order valence-electron chi connectivity index (χ3n) is 5.04. The van der Waals surface area contributed by atoms with Gasteiger partial charge in [-0.05, 0) is 28.5 Å². The smallest absolute Gasteiger partial charge is 0.252 e. The van der Waals surface area contributed by atoms with Crippen LogP contribution in [0.1, 0.15) is 27.7 Å². The number of anilines is 1. The Morgan fingerprint density at radius 1 is 0.774 bits per heavy atom. The third kappa shape index (κ3) is 4.61. The van der Waals surface area contributed by atoms with Crippen molar-refractivity contribution in [3.05, 3.63) is 114 Å². The second-order valence-corrected chi connectivity index (χ2v) is 7.12. The summed E-state index contributed by atoms with van der Waals surface area (Å²) in [6, 6.07) is 28.5. The molecule has 0 radical (unpaired) electrons. The number of nitrogens with one attached hydrogen (secondary N) is 2. The zero-order chi connectivity index (χ0) is 21.6. The quantitative estimate of drug-likeness (QED) is 0.453. The molecule has 4 nitrogen and oxygen atoms in total. The number of amides is 2. The van der Waals surface area contributed by atoms with Gasteiger partial charge in [0.25, 0.3) is 5.91 Å². The van der Waals surface area contributed by atoms with Crippen LogP contribution in [0.4, 0.5) is 10.1 Å². The number of hydrogen-bond donors (Lipinski definition) is 2. The molecule has 154 valence electrons. The lowest BCUT2D eigenvalue weighted by Gasteiger charge is -2.15. The van der Waals surface area contributed by atoms with Crippen LogP contribution in [0.3, 0.4) is 0 Å². The minimum atomic E-state index is -1.37. The van der Waals surface area contributed by atoms with Gasteiger partial charge in [-0.1, -0.05) is 84.9 Å². The van der Waals surface area contributed by atoms with Gasteiger partial charge >= 0.3 is 0 Å². The molecule has 0 aliphatic heterocycles. The fraction of sp³-hybridized carbons (Fsp3) is 0.0769. The molecule has 4 aromatic rings. The average molecular weight is 412 g/mol. The highest BCUT2D eigenvalue weighted by molar-refractivity contribution is 6.08. The van der Waals surface area contributed by atoms with E-state index in [0.29, 0.717) is 22.4 Å². The number of hydrogen-bond acceptors (Lipinski definition) is 2. The van der Waals surface area contributed by atoms with Gasteiger partial charge in [-0.2, -0.15) is 0 Å². The number of carbonyl (C=O) groups is 2. The molecule has 4 aromatic carbocycles. The van der Waals surface area contributed by atoms with Crippen LogP contribution in [0.25, 0.3) is 10.8 Å². The van der Waals surface area contributed by atoms with Crippen molar-refractivity contribution in [3.63, 3.8) is 0 Å². The summed E-state index contributed by atoms with van der Waals surface area (Å²) >= 11 is 0. The summed E-state index contributed by atoms with van der Waals surface area (Å²) in [6.07, 6.45) is -1.37. The summed E-state index contributed by atoms with van der Waals surface area (Å²) < 4.78 is 15.0. The van der Waals surface area contributed by atoms with Gasteiger partial charge in [-0.3, -0.25) is 9.59 Å². The van der Waals surface area contributed by atoms with E-state index < -0.39 is 12.1 Å². The first-order valence-electron chi connectivity index (χ1n) is 9.97. The Bertz CT molecular complexity index is 1220. The van der Waals surface area contributed by atoms with Crippen molar-refractivity contribution in [1.82, 2.24) is 5.32 Å². The van der Waals surface area contributed by atoms with Crippen LogP contribution in [-0.4, -0.2) is 18.4 Å². The van der Waals surface area contributed by atoms with Gasteiger partial charge < -0.3 is 10.6 Å². The molecule has 0 aliphatic carbocycles. The molecule has 1 atom stereocenters. The maximum atomic E-state index is 15.0. The van der Waals surface area contributed by atoms with E-state index in [4.69, 9.17) is 0 Å². The van der Waals surface area contributed by atoms with E-state index in [9.17, 15) is 9.59 Å². The minimum absolute atomic E-state index is 0.224. The highest BCUT2D eigenvalue weighted by Crippen LogP contribution is 2.31. The van der Waals surface area contributed by atoms with E-state index in [0.717, 1.165) is 10.8 Å². The second-order valence-electron chi connectivity index (χ2n) is 7.12. The number of para-hydroxylation sites is 1. The predicted molar refractivity (Wildman–Crippen MR) is 121 cm³/mol. The zero-order valence-electron chi connectivity index (χ0n) is 16.7. The Balaban J connectivity index is 1.44. The topological polar surface area (TPSA) is 58.2 Å². The Morgan fingerprint density at radius 3 is 2.29 bits per heavy atom. The van der Waals surface area contributed by atoms with Gasteiger partial charge in [-0.25, -0.2) is 4.39 Å². The summed E-state index contributed by atoms with van der Waals surface area (Å²) in [5.41, 5.74) is 1.75. The Morgan fingerprint density at radius 2 is 1.45 bits per heavy atom. The largest absolute Gasteiger partial charge is 0.343 e. The van der Waals surface area contributed by atoms with E-state index in [1.165, 1.54) is 0 Å². The van der Waals surface area contributed by atoms with Crippen molar-refractivity contribution in [1.29, 1.82) is 0 Å². The van der Waals surface area contributed by atoms with Crippen LogP contribution >= 0.6 is 0 Å². The minimum Gasteiger partial charge on any atom is -0.343 e. The Hall–Kier alpha value is -3.99. The summed E-state index contributed by atoms with van der Waals surface area (Å²) in [5, 5.41) is 7.12. The lowest BCUT2D eigenvalue weighted by Crippen LogP contribution is -2.33. The first-order valence-corrected chi connectivity index (χ1v) is 9.97. The van der Waals surface area contributed by atoms with Crippen molar-refractivity contribution >= 4 is 28.3 Å². The number of rotatable bonds is 6. The number of fused-ring (bicyclic) bond motifs is 1. The second kappa shape index (κ2) is 9.22. The predicted octanol–water partition coefficient (Wildman–Crippen LogP) is 5.27. The highest BCUT2D eigenvalue weighted by Gasteiger charge is 2.18. The summed E-state index contributed by atoms with van der Waals surface area (Å²) in [7, 11) is 0. The van der Waals surface area contributed by atoms with Crippen LogP contribution in [0.2, 0.25) is 0 Å². The summed E-state index contributed by atoms with van der Waals surface area (Å²) in [6.45, 7) is -0.224. The van der Waals surface area contributed by atoms with Crippen molar-refractivity contribution in [3.8, 4) is 0 Å². The lowest BCUT2D eigenvalue weighted by molar-refractivity contribution is -0.115. The van der Waals surface area contributed by atoms with Crippen molar-refractivity contribution in [2.75, 3.05) is 11.9 Å². The van der Waals surface area contributed by atoms with Gasteiger partial charge in [-0.15, -0.1) is 0 Å². The SMILES string of the molecule is O=C(CNC(=O)c1cccc2ccccc12)Nc1ccccc1C(F)c1ccccc1. The molecule has 0 saturated heterocycles. The van der Waals surface area contributed by atoms with Gasteiger partial charge in [0.1, 0.15) is 0 Å².